The molecule has 0 aliphatic carbocycles. The topological polar surface area (TPSA) is 114 Å². The second-order valence-electron chi connectivity index (χ2n) is 12.4. The Morgan fingerprint density at radius 2 is 1.93 bits per heavy atom. The highest BCUT2D eigenvalue weighted by Crippen LogP contribution is 2.38. The van der Waals surface area contributed by atoms with Crippen molar-refractivity contribution in [3.05, 3.63) is 42.0 Å². The van der Waals surface area contributed by atoms with Crippen LogP contribution in [0.25, 0.3) is 33.5 Å². The first-order valence-electron chi connectivity index (χ1n) is 14.9. The lowest BCUT2D eigenvalue weighted by Crippen LogP contribution is -2.50. The molecule has 2 aliphatic rings. The third-order valence-corrected chi connectivity index (χ3v) is 8.26. The summed E-state index contributed by atoms with van der Waals surface area (Å²) < 4.78 is 15.5. The van der Waals surface area contributed by atoms with E-state index in [-0.39, 0.29) is 18.6 Å². The summed E-state index contributed by atoms with van der Waals surface area (Å²) in [4.78, 5) is 35.1. The first-order valence-corrected chi connectivity index (χ1v) is 14.9. The van der Waals surface area contributed by atoms with Crippen LogP contribution in [0, 0.1) is 0 Å². The first kappa shape index (κ1) is 28.9. The normalized spacial score (nSPS) is 17.0. The molecular formula is C32H40N6O5. The number of aryl methyl sites for hydroxylation is 1. The second-order valence-corrected chi connectivity index (χ2v) is 12.4. The number of benzene rings is 2. The van der Waals surface area contributed by atoms with E-state index in [0.29, 0.717) is 36.5 Å². The van der Waals surface area contributed by atoms with Crippen molar-refractivity contribution in [2.45, 2.75) is 51.8 Å². The van der Waals surface area contributed by atoms with Gasteiger partial charge in [0.2, 0.25) is 0 Å². The Bertz CT molecular complexity index is 1700. The summed E-state index contributed by atoms with van der Waals surface area (Å²) in [6.45, 7) is 8.75. The van der Waals surface area contributed by atoms with E-state index in [1.807, 2.05) is 44.5 Å². The zero-order chi connectivity index (χ0) is 30.5. The maximum Gasteiger partial charge on any atom is 0.407 e. The van der Waals surface area contributed by atoms with Crippen LogP contribution >= 0.6 is 0 Å². The van der Waals surface area contributed by atoms with Crippen molar-refractivity contribution in [2.75, 3.05) is 44.8 Å². The maximum absolute atomic E-state index is 13.7. The van der Waals surface area contributed by atoms with Gasteiger partial charge in [0.15, 0.2) is 5.82 Å². The lowest BCUT2D eigenvalue weighted by molar-refractivity contribution is 0.0452. The van der Waals surface area contributed by atoms with Crippen LogP contribution in [-0.2, 0) is 18.3 Å². The van der Waals surface area contributed by atoms with Crippen molar-refractivity contribution in [2.24, 2.45) is 7.05 Å². The van der Waals surface area contributed by atoms with Crippen molar-refractivity contribution in [1.29, 1.82) is 0 Å². The van der Waals surface area contributed by atoms with Gasteiger partial charge in [0.1, 0.15) is 16.9 Å². The van der Waals surface area contributed by atoms with Crippen LogP contribution in [0.2, 0.25) is 0 Å². The predicted molar refractivity (Wildman–Crippen MR) is 166 cm³/mol. The molecule has 11 heteroatoms. The fourth-order valence-corrected chi connectivity index (χ4v) is 6.43. The third kappa shape index (κ3) is 5.37. The maximum atomic E-state index is 13.7. The van der Waals surface area contributed by atoms with Crippen molar-refractivity contribution in [3.8, 4) is 17.3 Å². The van der Waals surface area contributed by atoms with E-state index >= 15 is 0 Å². The lowest BCUT2D eigenvalue weighted by Gasteiger charge is -2.33. The number of aromatic nitrogens is 3. The molecule has 2 aliphatic heterocycles. The number of piperidine rings is 1. The van der Waals surface area contributed by atoms with Gasteiger partial charge in [-0.05, 0) is 57.9 Å². The minimum Gasteiger partial charge on any atom is -0.494 e. The zero-order valence-electron chi connectivity index (χ0n) is 25.5. The molecule has 0 radical (unpaired) electrons. The molecule has 0 saturated carbocycles. The number of likely N-dealkylation sites (tertiary alicyclic amines) is 1. The number of hydrogen-bond acceptors (Lipinski definition) is 7. The highest BCUT2D eigenvalue weighted by Gasteiger charge is 2.29. The smallest absolute Gasteiger partial charge is 0.407 e. The molecule has 2 N–H and O–H groups in total. The molecule has 6 rings (SSSR count). The van der Waals surface area contributed by atoms with E-state index in [1.165, 1.54) is 0 Å². The zero-order valence-corrected chi connectivity index (χ0v) is 25.5. The molecule has 4 aromatic rings. The number of fused-ring (bicyclic) bond motifs is 1. The Kier molecular flexibility index (Phi) is 7.45. The number of imidazole rings is 1. The van der Waals surface area contributed by atoms with Gasteiger partial charge < -0.3 is 38.8 Å². The number of hydrogen-bond donors (Lipinski definition) is 2. The molecule has 11 nitrogen and oxygen atoms in total. The van der Waals surface area contributed by atoms with E-state index in [9.17, 15) is 14.7 Å². The Morgan fingerprint density at radius 1 is 1.12 bits per heavy atom. The van der Waals surface area contributed by atoms with Crippen molar-refractivity contribution >= 4 is 39.6 Å². The van der Waals surface area contributed by atoms with E-state index in [4.69, 9.17) is 14.5 Å². The van der Waals surface area contributed by atoms with Crippen LogP contribution < -0.4 is 15.0 Å². The van der Waals surface area contributed by atoms with Gasteiger partial charge in [0.25, 0.3) is 5.91 Å². The molecule has 1 saturated heterocycles. The van der Waals surface area contributed by atoms with Crippen molar-refractivity contribution in [3.63, 3.8) is 0 Å². The SMILES string of the molecule is COc1cc(C(=O)N2CCC[C@@H](NC(=O)OC(C)(C)C)C2)cc2nc(-c3cc4cccc5c4n3CCN5CCO)n(C)c12. The highest BCUT2D eigenvalue weighted by molar-refractivity contribution is 6.01. The largest absolute Gasteiger partial charge is 0.494 e. The number of para-hydroxylation sites is 1. The minimum atomic E-state index is -0.588. The number of nitrogens with one attached hydrogen (secondary N) is 1. The van der Waals surface area contributed by atoms with E-state index < -0.39 is 11.7 Å². The number of aliphatic hydroxyl groups is 1. The summed E-state index contributed by atoms with van der Waals surface area (Å²) in [5, 5.41) is 13.6. The Morgan fingerprint density at radius 3 is 2.67 bits per heavy atom. The van der Waals surface area contributed by atoms with Crippen LogP contribution in [0.3, 0.4) is 0 Å². The third-order valence-electron chi connectivity index (χ3n) is 8.26. The summed E-state index contributed by atoms with van der Waals surface area (Å²) in [5.74, 6) is 1.24. The number of methoxy groups -OCH3 is 1. The summed E-state index contributed by atoms with van der Waals surface area (Å²) in [7, 11) is 3.58. The lowest BCUT2D eigenvalue weighted by atomic mass is 10.0. The Labute approximate surface area is 251 Å². The summed E-state index contributed by atoms with van der Waals surface area (Å²) >= 11 is 0. The first-order chi connectivity index (χ1) is 20.6. The summed E-state index contributed by atoms with van der Waals surface area (Å²) in [6, 6.07) is 11.8. The van der Waals surface area contributed by atoms with Crippen LogP contribution in [0.5, 0.6) is 5.75 Å². The quantitative estimate of drug-likeness (QED) is 0.348. The van der Waals surface area contributed by atoms with Crippen LogP contribution in [-0.4, -0.2) is 87.7 Å². The number of alkyl carbamates (subject to hydrolysis) is 1. The Balaban J connectivity index is 1.32. The average Bonchev–Trinajstić information content (AvgIpc) is 3.51. The summed E-state index contributed by atoms with van der Waals surface area (Å²) in [6.07, 6.45) is 1.09. The van der Waals surface area contributed by atoms with Crippen LogP contribution in [0.4, 0.5) is 10.5 Å². The number of anilines is 1. The van der Waals surface area contributed by atoms with E-state index in [0.717, 1.165) is 59.6 Å². The highest BCUT2D eigenvalue weighted by atomic mass is 16.6. The number of rotatable bonds is 6. The van der Waals surface area contributed by atoms with Gasteiger partial charge in [-0.2, -0.15) is 0 Å². The number of nitrogens with zero attached hydrogens (tertiary/aromatic N) is 5. The van der Waals surface area contributed by atoms with E-state index in [2.05, 4.69) is 33.0 Å². The van der Waals surface area contributed by atoms with E-state index in [1.54, 1.807) is 18.1 Å². The molecule has 2 aromatic carbocycles. The van der Waals surface area contributed by atoms with Gasteiger partial charge in [-0.1, -0.05) is 12.1 Å². The number of ether oxygens (including phenoxy) is 2. The molecule has 0 bridgehead atoms. The molecule has 1 atom stereocenters. The number of aliphatic hydroxyl groups excluding tert-OH is 1. The molecule has 0 spiro atoms. The molecule has 228 valence electrons. The monoisotopic (exact) mass is 588 g/mol. The standard InChI is InChI=1S/C32H40N6O5/c1-32(2,3)43-31(41)33-22-9-7-11-37(19-22)30(40)21-16-23-28(26(18-21)42-5)35(4)29(34-23)25-17-20-8-6-10-24-27(20)38(25)13-12-36(24)14-15-39/h6,8,10,16-18,22,39H,7,9,11-15,19H2,1-5H3,(H,33,41)/t22-/m1/s1. The Hall–Kier alpha value is -4.25. The predicted octanol–water partition coefficient (Wildman–Crippen LogP) is 4.15. The van der Waals surface area contributed by atoms with Crippen molar-refractivity contribution < 1.29 is 24.2 Å². The van der Waals surface area contributed by atoms with Gasteiger partial charge in [-0.25, -0.2) is 9.78 Å². The fourth-order valence-electron chi connectivity index (χ4n) is 6.43. The molecular weight excluding hydrogens is 548 g/mol. The molecule has 43 heavy (non-hydrogen) atoms. The van der Waals surface area contributed by atoms with Gasteiger partial charge in [-0.3, -0.25) is 4.79 Å². The summed E-state index contributed by atoms with van der Waals surface area (Å²) in [5.41, 5.74) is 4.63. The number of carbonyl (C=O) groups excluding carboxylic acids is 2. The van der Waals surface area contributed by atoms with Gasteiger partial charge in [0, 0.05) is 56.8 Å². The van der Waals surface area contributed by atoms with Gasteiger partial charge >= 0.3 is 6.09 Å². The number of β-amino-alcohol motifs (C(OH)–C–C–N with tert-alkyl or cyclic N) is 1. The second kappa shape index (κ2) is 11.1. The number of amides is 2. The minimum absolute atomic E-state index is 0.105. The molecule has 4 heterocycles. The van der Waals surface area contributed by atoms with Gasteiger partial charge in [0.05, 0.1) is 36.1 Å². The van der Waals surface area contributed by atoms with Crippen LogP contribution in [0.1, 0.15) is 44.0 Å². The molecule has 2 amide bonds. The average molecular weight is 589 g/mol. The van der Waals surface area contributed by atoms with Crippen molar-refractivity contribution in [1.82, 2.24) is 24.3 Å². The fraction of sp³-hybridized carbons (Fsp3) is 0.469. The van der Waals surface area contributed by atoms with Gasteiger partial charge in [-0.15, -0.1) is 0 Å². The number of carbonyl (C=O) groups is 2. The molecule has 1 fully saturated rings. The molecule has 0 unspecified atom stereocenters. The van der Waals surface area contributed by atoms with Crippen LogP contribution in [0.15, 0.2) is 36.4 Å². The molecule has 2 aromatic heterocycles.